The summed E-state index contributed by atoms with van der Waals surface area (Å²) in [6.07, 6.45) is 4.58. The van der Waals surface area contributed by atoms with Crippen molar-refractivity contribution in [3.63, 3.8) is 0 Å². The summed E-state index contributed by atoms with van der Waals surface area (Å²) in [5.74, 6) is -0.754. The molecule has 1 heterocycles. The fraction of sp³-hybridized carbons (Fsp3) is 0.350. The maximum absolute atomic E-state index is 12.8. The highest BCUT2D eigenvalue weighted by atomic mass is 16.2. The van der Waals surface area contributed by atoms with Crippen molar-refractivity contribution in [2.75, 3.05) is 7.05 Å². The van der Waals surface area contributed by atoms with Gasteiger partial charge >= 0.3 is 0 Å². The Bertz CT molecular complexity index is 870. The maximum atomic E-state index is 12.8. The molecule has 0 bridgehead atoms. The quantitative estimate of drug-likeness (QED) is 0.864. The largest absolute Gasteiger partial charge is 0.355 e. The number of pyridine rings is 1. The molecule has 1 unspecified atom stereocenters. The average molecular weight is 353 g/mol. The van der Waals surface area contributed by atoms with Gasteiger partial charge in [0.25, 0.3) is 17.4 Å². The number of amides is 2. The molecule has 136 valence electrons. The molecule has 26 heavy (non-hydrogen) atoms. The molecule has 0 saturated heterocycles. The Kier molecular flexibility index (Phi) is 5.21. The number of hydrogen-bond acceptors (Lipinski definition) is 3. The van der Waals surface area contributed by atoms with E-state index in [-0.39, 0.29) is 23.6 Å². The first-order valence-corrected chi connectivity index (χ1v) is 8.85. The minimum Gasteiger partial charge on any atom is -0.355 e. The molecule has 2 aromatic rings. The van der Waals surface area contributed by atoms with Gasteiger partial charge in [-0.25, -0.2) is 0 Å². The standard InChI is InChI=1S/C20H23N3O3/c1-13(14-7-4-3-5-8-14)23-12-15(18(24)22-16-9-6-10-16)11-17(20(23)26)19(25)21-2/h3-5,7-8,11-13,16H,6,9-10H2,1-2H3,(H,21,25)(H,22,24). The van der Waals surface area contributed by atoms with E-state index in [1.807, 2.05) is 37.3 Å². The SMILES string of the molecule is CNC(=O)c1cc(C(=O)NC2CCC2)cn(C(C)c2ccccc2)c1=O. The van der Waals surface area contributed by atoms with Gasteiger partial charge in [0.15, 0.2) is 0 Å². The van der Waals surface area contributed by atoms with E-state index in [0.717, 1.165) is 24.8 Å². The molecule has 0 aliphatic heterocycles. The highest BCUT2D eigenvalue weighted by Gasteiger charge is 2.23. The summed E-state index contributed by atoms with van der Waals surface area (Å²) in [5.41, 5.74) is 0.796. The van der Waals surface area contributed by atoms with Gasteiger partial charge in [-0.1, -0.05) is 30.3 Å². The monoisotopic (exact) mass is 353 g/mol. The molecule has 1 aromatic carbocycles. The van der Waals surface area contributed by atoms with Crippen molar-refractivity contribution in [2.24, 2.45) is 0 Å². The zero-order valence-electron chi connectivity index (χ0n) is 15.0. The molecule has 6 heteroatoms. The van der Waals surface area contributed by atoms with Crippen molar-refractivity contribution in [1.82, 2.24) is 15.2 Å². The summed E-state index contributed by atoms with van der Waals surface area (Å²) in [7, 11) is 1.47. The van der Waals surface area contributed by atoms with Gasteiger partial charge in [-0.3, -0.25) is 14.4 Å². The van der Waals surface area contributed by atoms with E-state index in [2.05, 4.69) is 10.6 Å². The predicted molar refractivity (Wildman–Crippen MR) is 99.5 cm³/mol. The number of aromatic nitrogens is 1. The van der Waals surface area contributed by atoms with E-state index in [4.69, 9.17) is 0 Å². The van der Waals surface area contributed by atoms with E-state index < -0.39 is 11.5 Å². The lowest BCUT2D eigenvalue weighted by atomic mass is 9.93. The van der Waals surface area contributed by atoms with Gasteiger partial charge < -0.3 is 15.2 Å². The van der Waals surface area contributed by atoms with Crippen LogP contribution in [0.3, 0.4) is 0 Å². The fourth-order valence-electron chi connectivity index (χ4n) is 3.02. The van der Waals surface area contributed by atoms with Gasteiger partial charge in [0.1, 0.15) is 5.56 Å². The van der Waals surface area contributed by atoms with Crippen LogP contribution in [0, 0.1) is 0 Å². The summed E-state index contributed by atoms with van der Waals surface area (Å²) in [5, 5.41) is 5.43. The van der Waals surface area contributed by atoms with E-state index in [0.29, 0.717) is 5.56 Å². The third kappa shape index (κ3) is 3.54. The molecule has 0 spiro atoms. The summed E-state index contributed by atoms with van der Waals surface area (Å²) in [4.78, 5) is 37.5. The average Bonchev–Trinajstić information content (AvgIpc) is 2.64. The van der Waals surface area contributed by atoms with Crippen LogP contribution in [0.4, 0.5) is 0 Å². The van der Waals surface area contributed by atoms with Crippen molar-refractivity contribution in [2.45, 2.75) is 38.3 Å². The van der Waals surface area contributed by atoms with Crippen LogP contribution >= 0.6 is 0 Å². The molecular formula is C20H23N3O3. The van der Waals surface area contributed by atoms with Gasteiger partial charge in [-0.2, -0.15) is 0 Å². The lowest BCUT2D eigenvalue weighted by molar-refractivity contribution is 0.0916. The lowest BCUT2D eigenvalue weighted by Crippen LogP contribution is -2.41. The molecule has 3 rings (SSSR count). The minimum absolute atomic E-state index is 0.0310. The third-order valence-corrected chi connectivity index (χ3v) is 4.92. The number of nitrogens with one attached hydrogen (secondary N) is 2. The fourth-order valence-corrected chi connectivity index (χ4v) is 3.02. The van der Waals surface area contributed by atoms with Crippen LogP contribution in [-0.2, 0) is 0 Å². The van der Waals surface area contributed by atoms with Crippen LogP contribution < -0.4 is 16.2 Å². The second-order valence-corrected chi connectivity index (χ2v) is 6.62. The number of benzene rings is 1. The Morgan fingerprint density at radius 1 is 1.15 bits per heavy atom. The molecular weight excluding hydrogens is 330 g/mol. The van der Waals surface area contributed by atoms with E-state index in [1.54, 1.807) is 6.20 Å². The third-order valence-electron chi connectivity index (χ3n) is 4.92. The first-order chi connectivity index (χ1) is 12.5. The molecule has 6 nitrogen and oxygen atoms in total. The molecule has 2 N–H and O–H groups in total. The number of hydrogen-bond donors (Lipinski definition) is 2. The van der Waals surface area contributed by atoms with Crippen LogP contribution in [0.1, 0.15) is 58.5 Å². The highest BCUT2D eigenvalue weighted by molar-refractivity contribution is 5.99. The molecule has 1 atom stereocenters. The number of rotatable bonds is 5. The molecule has 1 aliphatic carbocycles. The van der Waals surface area contributed by atoms with Crippen molar-refractivity contribution in [3.05, 3.63) is 69.6 Å². The van der Waals surface area contributed by atoms with E-state index in [9.17, 15) is 14.4 Å². The molecule has 0 radical (unpaired) electrons. The van der Waals surface area contributed by atoms with Gasteiger partial charge in [0.2, 0.25) is 0 Å². The van der Waals surface area contributed by atoms with Crippen LogP contribution in [0.5, 0.6) is 0 Å². The molecule has 1 saturated carbocycles. The minimum atomic E-state index is -0.498. The Labute approximate surface area is 152 Å². The Hall–Kier alpha value is -2.89. The Balaban J connectivity index is 2.04. The number of nitrogens with zero attached hydrogens (tertiary/aromatic N) is 1. The summed E-state index contributed by atoms with van der Waals surface area (Å²) < 4.78 is 1.45. The topological polar surface area (TPSA) is 80.2 Å². The molecule has 1 fully saturated rings. The summed E-state index contributed by atoms with van der Waals surface area (Å²) in [6.45, 7) is 1.87. The Morgan fingerprint density at radius 2 is 1.85 bits per heavy atom. The maximum Gasteiger partial charge on any atom is 0.264 e. The normalized spacial score (nSPS) is 15.0. The first kappa shape index (κ1) is 17.9. The van der Waals surface area contributed by atoms with Crippen molar-refractivity contribution < 1.29 is 9.59 Å². The first-order valence-electron chi connectivity index (χ1n) is 8.85. The highest BCUT2D eigenvalue weighted by Crippen LogP contribution is 2.20. The van der Waals surface area contributed by atoms with Gasteiger partial charge in [0, 0.05) is 19.3 Å². The summed E-state index contributed by atoms with van der Waals surface area (Å²) >= 11 is 0. The van der Waals surface area contributed by atoms with Crippen molar-refractivity contribution in [3.8, 4) is 0 Å². The van der Waals surface area contributed by atoms with Gasteiger partial charge in [0.05, 0.1) is 11.6 Å². The van der Waals surface area contributed by atoms with Crippen LogP contribution in [0.2, 0.25) is 0 Å². The van der Waals surface area contributed by atoms with Crippen LogP contribution in [-0.4, -0.2) is 29.5 Å². The zero-order valence-corrected chi connectivity index (χ0v) is 15.0. The molecule has 1 aromatic heterocycles. The van der Waals surface area contributed by atoms with E-state index in [1.165, 1.54) is 17.7 Å². The van der Waals surface area contributed by atoms with Crippen LogP contribution in [0.25, 0.3) is 0 Å². The molecule has 1 aliphatic rings. The second kappa shape index (κ2) is 7.56. The number of carbonyl (C=O) groups excluding carboxylic acids is 2. The number of carbonyl (C=O) groups is 2. The lowest BCUT2D eigenvalue weighted by Gasteiger charge is -2.26. The van der Waals surface area contributed by atoms with Gasteiger partial charge in [-0.15, -0.1) is 0 Å². The van der Waals surface area contributed by atoms with Crippen LogP contribution in [0.15, 0.2) is 47.4 Å². The summed E-state index contributed by atoms with van der Waals surface area (Å²) in [6, 6.07) is 10.8. The van der Waals surface area contributed by atoms with E-state index >= 15 is 0 Å². The van der Waals surface area contributed by atoms with Crippen molar-refractivity contribution >= 4 is 11.8 Å². The van der Waals surface area contributed by atoms with Crippen molar-refractivity contribution in [1.29, 1.82) is 0 Å². The Morgan fingerprint density at radius 3 is 2.42 bits per heavy atom. The second-order valence-electron chi connectivity index (χ2n) is 6.62. The smallest absolute Gasteiger partial charge is 0.264 e. The predicted octanol–water partition coefficient (Wildman–Crippen LogP) is 2.10. The van der Waals surface area contributed by atoms with Gasteiger partial charge in [-0.05, 0) is 37.8 Å². The zero-order chi connectivity index (χ0) is 18.7. The molecule has 2 amide bonds.